The minimum absolute atomic E-state index is 0.533. The van der Waals surface area contributed by atoms with E-state index in [9.17, 15) is 4.89 Å². The molecule has 8 heavy (non-hydrogen) atoms. The summed E-state index contributed by atoms with van der Waals surface area (Å²) in [5, 5.41) is 0. The van der Waals surface area contributed by atoms with E-state index in [-0.39, 0.29) is 0 Å². The van der Waals surface area contributed by atoms with Gasteiger partial charge in [0, 0.05) is 6.42 Å². The fourth-order valence-corrected chi connectivity index (χ4v) is 0.987. The van der Waals surface area contributed by atoms with Crippen LogP contribution in [0.3, 0.4) is 0 Å². The topological polar surface area (TPSA) is 32.3 Å². The van der Waals surface area contributed by atoms with Gasteiger partial charge in [-0.05, 0) is 6.92 Å². The lowest BCUT2D eigenvalue weighted by atomic mass is 10.6. The molecule has 48 valence electrons. The molecular formula is C5H11O2P. The standard InChI is InChI=1S/C5H11O2P/c1-3-5-8(6)7-4-2/h5H,3-4H2,1-2H3. The first kappa shape index (κ1) is 8.09. The third kappa shape index (κ3) is 4.25. The van der Waals surface area contributed by atoms with Crippen LogP contribution in [0.25, 0.3) is 0 Å². The molecule has 2 nitrogen and oxygen atoms in total. The summed E-state index contributed by atoms with van der Waals surface area (Å²) in [5.74, 6) is 1.67. The zero-order valence-corrected chi connectivity index (χ0v) is 6.15. The van der Waals surface area contributed by atoms with E-state index in [1.54, 1.807) is 5.80 Å². The van der Waals surface area contributed by atoms with Crippen molar-refractivity contribution in [2.75, 3.05) is 6.61 Å². The highest BCUT2D eigenvalue weighted by Crippen LogP contribution is 2.09. The Balaban J connectivity index is 3.29. The average Bonchev–Trinajstić information content (AvgIpc) is 1.68. The fourth-order valence-electron chi connectivity index (χ4n) is 0.329. The molecule has 0 amide bonds. The Bertz CT molecular complexity index is 80.5. The second-order valence-corrected chi connectivity index (χ2v) is 2.49. The maximum Gasteiger partial charge on any atom is 0.216 e. The van der Waals surface area contributed by atoms with Gasteiger partial charge in [0.25, 0.3) is 0 Å². The maximum atomic E-state index is 10.5. The SMILES string of the molecule is CCC=[P+]([O-])OCC. The Morgan fingerprint density at radius 3 is 2.62 bits per heavy atom. The minimum Gasteiger partial charge on any atom is -0.603 e. The van der Waals surface area contributed by atoms with E-state index in [4.69, 9.17) is 4.52 Å². The van der Waals surface area contributed by atoms with Crippen LogP contribution in [0.15, 0.2) is 0 Å². The molecule has 0 rings (SSSR count). The molecule has 1 unspecified atom stereocenters. The minimum atomic E-state index is -1.46. The van der Waals surface area contributed by atoms with Crippen molar-refractivity contribution >= 4 is 13.8 Å². The Morgan fingerprint density at radius 1 is 1.62 bits per heavy atom. The summed E-state index contributed by atoms with van der Waals surface area (Å²) in [6.07, 6.45) is 0.815. The number of hydrogen-bond donors (Lipinski definition) is 0. The van der Waals surface area contributed by atoms with E-state index in [1.807, 2.05) is 13.8 Å². The van der Waals surface area contributed by atoms with Crippen LogP contribution in [0, 0.1) is 0 Å². The highest BCUT2D eigenvalue weighted by molar-refractivity contribution is 7.44. The van der Waals surface area contributed by atoms with Gasteiger partial charge >= 0.3 is 0 Å². The Kier molecular flexibility index (Phi) is 5.29. The van der Waals surface area contributed by atoms with E-state index < -0.39 is 8.00 Å². The maximum absolute atomic E-state index is 10.5. The second kappa shape index (κ2) is 5.23. The number of rotatable bonds is 3. The van der Waals surface area contributed by atoms with Gasteiger partial charge in [-0.15, -0.1) is 0 Å². The molecule has 0 aromatic rings. The predicted octanol–water partition coefficient (Wildman–Crippen LogP) is 0.907. The molecule has 0 radical (unpaired) electrons. The zero-order valence-electron chi connectivity index (χ0n) is 5.26. The van der Waals surface area contributed by atoms with E-state index in [2.05, 4.69) is 0 Å². The van der Waals surface area contributed by atoms with Gasteiger partial charge in [0.15, 0.2) is 0 Å². The summed E-state index contributed by atoms with van der Waals surface area (Å²) in [5.41, 5.74) is 0. The van der Waals surface area contributed by atoms with Gasteiger partial charge in [-0.1, -0.05) is 6.92 Å². The first-order valence-electron chi connectivity index (χ1n) is 2.73. The Hall–Kier alpha value is 0.0900. The van der Waals surface area contributed by atoms with Crippen molar-refractivity contribution in [1.82, 2.24) is 0 Å². The van der Waals surface area contributed by atoms with Gasteiger partial charge in [-0.3, -0.25) is 0 Å². The highest BCUT2D eigenvalue weighted by atomic mass is 31.1. The summed E-state index contributed by atoms with van der Waals surface area (Å²) >= 11 is 0. The van der Waals surface area contributed by atoms with E-state index >= 15 is 0 Å². The van der Waals surface area contributed by atoms with Crippen molar-refractivity contribution in [3.05, 3.63) is 0 Å². The lowest BCUT2D eigenvalue weighted by Crippen LogP contribution is -1.93. The average molecular weight is 134 g/mol. The van der Waals surface area contributed by atoms with E-state index in [0.29, 0.717) is 6.61 Å². The van der Waals surface area contributed by atoms with Gasteiger partial charge in [0.1, 0.15) is 5.80 Å². The van der Waals surface area contributed by atoms with Crippen LogP contribution >= 0.6 is 8.00 Å². The summed E-state index contributed by atoms with van der Waals surface area (Å²) in [6, 6.07) is 0. The van der Waals surface area contributed by atoms with Crippen molar-refractivity contribution in [2.45, 2.75) is 20.3 Å². The molecule has 1 atom stereocenters. The van der Waals surface area contributed by atoms with Crippen molar-refractivity contribution < 1.29 is 9.42 Å². The van der Waals surface area contributed by atoms with Crippen LogP contribution in [-0.2, 0) is 4.52 Å². The van der Waals surface area contributed by atoms with Crippen molar-refractivity contribution in [3.8, 4) is 0 Å². The molecule has 0 aromatic carbocycles. The predicted molar refractivity (Wildman–Crippen MR) is 34.9 cm³/mol. The molecule has 0 N–H and O–H groups in total. The van der Waals surface area contributed by atoms with E-state index in [0.717, 1.165) is 6.42 Å². The molecule has 0 aromatic heterocycles. The Morgan fingerprint density at radius 2 is 2.25 bits per heavy atom. The second-order valence-electron chi connectivity index (χ2n) is 1.29. The van der Waals surface area contributed by atoms with Gasteiger partial charge < -0.3 is 4.89 Å². The Labute approximate surface area is 51.0 Å². The van der Waals surface area contributed by atoms with Crippen molar-refractivity contribution in [3.63, 3.8) is 0 Å². The van der Waals surface area contributed by atoms with Crippen LogP contribution in [0.1, 0.15) is 20.3 Å². The van der Waals surface area contributed by atoms with Crippen LogP contribution in [0.5, 0.6) is 0 Å². The summed E-state index contributed by atoms with van der Waals surface area (Å²) < 4.78 is 4.74. The molecule has 0 spiro atoms. The first-order valence-corrected chi connectivity index (χ1v) is 3.98. The molecule has 0 heterocycles. The molecule has 0 aliphatic heterocycles. The molecule has 0 aliphatic carbocycles. The lowest BCUT2D eigenvalue weighted by Gasteiger charge is -1.90. The lowest BCUT2D eigenvalue weighted by molar-refractivity contribution is -0.171. The van der Waals surface area contributed by atoms with Gasteiger partial charge in [-0.25, -0.2) is 0 Å². The monoisotopic (exact) mass is 134 g/mol. The molecule has 0 saturated carbocycles. The van der Waals surface area contributed by atoms with Crippen molar-refractivity contribution in [2.24, 2.45) is 0 Å². The quantitative estimate of drug-likeness (QED) is 0.537. The van der Waals surface area contributed by atoms with Crippen molar-refractivity contribution in [1.29, 1.82) is 0 Å². The molecule has 0 saturated heterocycles. The molecular weight excluding hydrogens is 123 g/mol. The molecule has 0 bridgehead atoms. The van der Waals surface area contributed by atoms with Crippen LogP contribution < -0.4 is 4.89 Å². The van der Waals surface area contributed by atoms with Crippen LogP contribution in [0.2, 0.25) is 0 Å². The summed E-state index contributed by atoms with van der Waals surface area (Å²) in [4.78, 5) is 10.5. The third-order valence-corrected chi connectivity index (χ3v) is 1.76. The largest absolute Gasteiger partial charge is 0.603 e. The van der Waals surface area contributed by atoms with Gasteiger partial charge in [0.05, 0.1) is 6.61 Å². The van der Waals surface area contributed by atoms with Gasteiger partial charge in [0.2, 0.25) is 8.00 Å². The van der Waals surface area contributed by atoms with Crippen LogP contribution in [-0.4, -0.2) is 12.4 Å². The fraction of sp³-hybridized carbons (Fsp3) is 0.800. The highest BCUT2D eigenvalue weighted by Gasteiger charge is 1.89. The molecule has 0 aliphatic rings. The smallest absolute Gasteiger partial charge is 0.216 e. The summed E-state index contributed by atoms with van der Waals surface area (Å²) in [6.45, 7) is 4.30. The molecule has 0 fully saturated rings. The van der Waals surface area contributed by atoms with Crippen LogP contribution in [0.4, 0.5) is 0 Å². The zero-order chi connectivity index (χ0) is 6.41. The number of hydrogen-bond acceptors (Lipinski definition) is 2. The van der Waals surface area contributed by atoms with E-state index in [1.165, 1.54) is 0 Å². The third-order valence-electron chi connectivity index (χ3n) is 0.588. The normalized spacial score (nSPS) is 12.1. The summed E-state index contributed by atoms with van der Waals surface area (Å²) in [7, 11) is -1.46. The molecule has 3 heteroatoms. The first-order chi connectivity index (χ1) is 3.81. The van der Waals surface area contributed by atoms with Gasteiger partial charge in [-0.2, -0.15) is 4.52 Å².